The van der Waals surface area contributed by atoms with Crippen molar-refractivity contribution in [2.75, 3.05) is 5.32 Å². The largest absolute Gasteiger partial charge is 0.477 e. The summed E-state index contributed by atoms with van der Waals surface area (Å²) in [4.78, 5) is 40.2. The van der Waals surface area contributed by atoms with Crippen LogP contribution in [0.4, 0.5) is 19.7 Å². The molecule has 0 aromatic heterocycles. The number of carbonyl (C=O) groups is 3. The van der Waals surface area contributed by atoms with Gasteiger partial charge in [-0.3, -0.25) is 10.6 Å². The Bertz CT molecular complexity index is 1030. The minimum atomic E-state index is -1.50. The minimum Gasteiger partial charge on any atom is -0.477 e. The van der Waals surface area contributed by atoms with Crippen molar-refractivity contribution in [3.8, 4) is 0 Å². The lowest BCUT2D eigenvalue weighted by Gasteiger charge is -2.29. The smallest absolute Gasteiger partial charge is 0.413 e. The highest BCUT2D eigenvalue weighted by atomic mass is 32.2. The van der Waals surface area contributed by atoms with Gasteiger partial charge in [0.05, 0.1) is 4.91 Å². The lowest BCUT2D eigenvalue weighted by atomic mass is 9.91. The van der Waals surface area contributed by atoms with Crippen LogP contribution in [0.5, 0.6) is 0 Å². The third-order valence-corrected chi connectivity index (χ3v) is 4.83. The second kappa shape index (κ2) is 9.42. The molecule has 1 heterocycles. The van der Waals surface area contributed by atoms with E-state index in [0.29, 0.717) is 11.8 Å². The number of carboxylic acids is 1. The number of anilines is 1. The monoisotopic (exact) mass is 481 g/mol. The van der Waals surface area contributed by atoms with Crippen molar-refractivity contribution >= 4 is 40.8 Å². The molecule has 2 amide bonds. The van der Waals surface area contributed by atoms with Crippen molar-refractivity contribution in [1.29, 1.82) is 0 Å². The molecule has 0 unspecified atom stereocenters. The molecule has 2 rings (SSSR count). The van der Waals surface area contributed by atoms with E-state index in [1.165, 1.54) is 25.1 Å². The number of carbonyl (C=O) groups excluding carboxylic acids is 2. The van der Waals surface area contributed by atoms with E-state index in [9.17, 15) is 23.9 Å². The molecular weight excluding hydrogens is 453 g/mol. The molecule has 0 saturated carbocycles. The normalized spacial score (nSPS) is 18.5. The van der Waals surface area contributed by atoms with Gasteiger partial charge >= 0.3 is 18.2 Å². The van der Waals surface area contributed by atoms with Gasteiger partial charge in [0.15, 0.2) is 5.17 Å². The van der Waals surface area contributed by atoms with Crippen LogP contribution in [0.3, 0.4) is 0 Å². The number of amidine groups is 1. The summed E-state index contributed by atoms with van der Waals surface area (Å²) in [6.45, 7) is 11.6. The molecule has 1 aromatic carbocycles. The fraction of sp³-hybridized carbons (Fsp3) is 0.455. The molecule has 0 radical (unpaired) electrons. The van der Waals surface area contributed by atoms with Crippen LogP contribution in [0.15, 0.2) is 34.2 Å². The molecule has 0 saturated heterocycles. The van der Waals surface area contributed by atoms with Gasteiger partial charge < -0.3 is 14.6 Å². The van der Waals surface area contributed by atoms with Gasteiger partial charge in [-0.2, -0.15) is 0 Å². The summed E-state index contributed by atoms with van der Waals surface area (Å²) >= 11 is 0.705. The Kier molecular flexibility index (Phi) is 7.47. The standard InChI is InChI=1S/C22H28FN3O6S/c1-20(2,3)31-18(29)24-12-8-9-14(23)13(10-12)22(7)11-15(16(27)28)33-17(26-22)25-19(30)32-21(4,5)6/h8-11H,1-7H3,(H,24,29)(H,27,28)(H,25,26,30)/t22-/m0/s1. The average Bonchev–Trinajstić information content (AvgIpc) is 2.59. The third-order valence-electron chi connectivity index (χ3n) is 3.93. The van der Waals surface area contributed by atoms with Crippen LogP contribution in [0.2, 0.25) is 0 Å². The number of hydrogen-bond donors (Lipinski definition) is 3. The third kappa shape index (κ3) is 7.77. The molecule has 1 aliphatic heterocycles. The van der Waals surface area contributed by atoms with Crippen molar-refractivity contribution in [2.45, 2.75) is 65.2 Å². The molecule has 1 aromatic rings. The van der Waals surface area contributed by atoms with E-state index in [-0.39, 0.29) is 21.3 Å². The summed E-state index contributed by atoms with van der Waals surface area (Å²) in [5.74, 6) is -1.95. The maximum atomic E-state index is 14.8. The first-order chi connectivity index (χ1) is 15.0. The van der Waals surface area contributed by atoms with E-state index in [1.54, 1.807) is 41.5 Å². The van der Waals surface area contributed by atoms with Gasteiger partial charge in [0.1, 0.15) is 22.6 Å². The maximum Gasteiger partial charge on any atom is 0.413 e. The zero-order valence-electron chi connectivity index (χ0n) is 19.5. The van der Waals surface area contributed by atoms with Crippen molar-refractivity contribution in [3.63, 3.8) is 0 Å². The molecule has 0 spiro atoms. The zero-order valence-corrected chi connectivity index (χ0v) is 20.3. The van der Waals surface area contributed by atoms with Gasteiger partial charge in [0.2, 0.25) is 0 Å². The lowest BCUT2D eigenvalue weighted by Crippen LogP contribution is -2.38. The number of thioether (sulfide) groups is 1. The van der Waals surface area contributed by atoms with Crippen LogP contribution in [0.25, 0.3) is 0 Å². The van der Waals surface area contributed by atoms with E-state index < -0.39 is 40.7 Å². The number of carboxylic acid groups (broad SMARTS) is 1. The first-order valence-electron chi connectivity index (χ1n) is 10.0. The highest BCUT2D eigenvalue weighted by Crippen LogP contribution is 2.39. The zero-order chi connectivity index (χ0) is 25.2. The van der Waals surface area contributed by atoms with E-state index >= 15 is 0 Å². The SMILES string of the molecule is CC(C)(C)OC(=O)NC1=N[C@](C)(c2cc(NC(=O)OC(C)(C)C)ccc2F)C=C(C(=O)O)S1. The number of aliphatic carboxylic acids is 1. The Morgan fingerprint density at radius 1 is 1.03 bits per heavy atom. The Morgan fingerprint density at radius 3 is 2.09 bits per heavy atom. The van der Waals surface area contributed by atoms with E-state index in [2.05, 4.69) is 15.6 Å². The fourth-order valence-electron chi connectivity index (χ4n) is 2.76. The van der Waals surface area contributed by atoms with Crippen molar-refractivity contribution in [1.82, 2.24) is 5.32 Å². The predicted octanol–water partition coefficient (Wildman–Crippen LogP) is 4.98. The van der Waals surface area contributed by atoms with E-state index in [1.807, 2.05) is 0 Å². The van der Waals surface area contributed by atoms with Crippen molar-refractivity contribution in [3.05, 3.63) is 40.6 Å². The summed E-state index contributed by atoms with van der Waals surface area (Å²) < 4.78 is 25.2. The number of ether oxygens (including phenoxy) is 2. The van der Waals surface area contributed by atoms with Crippen molar-refractivity contribution in [2.24, 2.45) is 4.99 Å². The number of aliphatic imine (C=N–C) groups is 1. The number of amides is 2. The number of halogens is 1. The predicted molar refractivity (Wildman–Crippen MR) is 124 cm³/mol. The van der Waals surface area contributed by atoms with Gasteiger partial charge in [0, 0.05) is 11.3 Å². The van der Waals surface area contributed by atoms with Crippen LogP contribution in [-0.2, 0) is 19.8 Å². The summed E-state index contributed by atoms with van der Waals surface area (Å²) in [5, 5.41) is 14.4. The fourth-order valence-corrected chi connectivity index (χ4v) is 3.71. The Hall–Kier alpha value is -3.08. The molecule has 9 nitrogen and oxygen atoms in total. The van der Waals surface area contributed by atoms with Crippen molar-refractivity contribution < 1.29 is 33.4 Å². The maximum absolute atomic E-state index is 14.8. The summed E-state index contributed by atoms with van der Waals surface area (Å²) in [6, 6.07) is 3.80. The molecule has 0 aliphatic carbocycles. The van der Waals surface area contributed by atoms with Crippen LogP contribution in [0.1, 0.15) is 54.0 Å². The number of nitrogens with zero attached hydrogens (tertiary/aromatic N) is 1. The Morgan fingerprint density at radius 2 is 1.58 bits per heavy atom. The molecular formula is C22H28FN3O6S. The first kappa shape index (κ1) is 26.2. The summed E-state index contributed by atoms with van der Waals surface area (Å²) in [5.41, 5.74) is -2.81. The Balaban J connectivity index is 2.42. The van der Waals surface area contributed by atoms with Crippen LogP contribution < -0.4 is 10.6 Å². The highest BCUT2D eigenvalue weighted by molar-refractivity contribution is 8.17. The van der Waals surface area contributed by atoms with Gasteiger partial charge in [-0.25, -0.2) is 23.8 Å². The van der Waals surface area contributed by atoms with Crippen LogP contribution >= 0.6 is 11.8 Å². The summed E-state index contributed by atoms with van der Waals surface area (Å²) in [6.07, 6.45) is -0.291. The number of benzene rings is 1. The molecule has 1 aliphatic rings. The molecule has 11 heteroatoms. The lowest BCUT2D eigenvalue weighted by molar-refractivity contribution is -0.131. The number of hydrogen-bond acceptors (Lipinski definition) is 7. The topological polar surface area (TPSA) is 126 Å². The molecule has 0 bridgehead atoms. The quantitative estimate of drug-likeness (QED) is 0.555. The molecule has 180 valence electrons. The van der Waals surface area contributed by atoms with Gasteiger partial charge in [-0.15, -0.1) is 0 Å². The number of rotatable bonds is 3. The first-order valence-corrected chi connectivity index (χ1v) is 10.8. The molecule has 3 N–H and O–H groups in total. The second-order valence-corrected chi connectivity index (χ2v) is 10.5. The number of nitrogens with one attached hydrogen (secondary N) is 2. The minimum absolute atomic E-state index is 0.0152. The highest BCUT2D eigenvalue weighted by Gasteiger charge is 2.35. The second-order valence-electron chi connectivity index (χ2n) is 9.43. The Labute approximate surface area is 195 Å². The molecule has 0 fully saturated rings. The van der Waals surface area contributed by atoms with Gasteiger partial charge in [-0.1, -0.05) is 0 Å². The van der Waals surface area contributed by atoms with E-state index in [4.69, 9.17) is 9.47 Å². The van der Waals surface area contributed by atoms with Crippen LogP contribution in [-0.4, -0.2) is 39.6 Å². The van der Waals surface area contributed by atoms with E-state index in [0.717, 1.165) is 6.07 Å². The summed E-state index contributed by atoms with van der Waals surface area (Å²) in [7, 11) is 0. The van der Waals surface area contributed by atoms with Crippen LogP contribution in [0, 0.1) is 5.82 Å². The average molecular weight is 482 g/mol. The van der Waals surface area contributed by atoms with Gasteiger partial charge in [-0.05, 0) is 84.5 Å². The molecule has 33 heavy (non-hydrogen) atoms. The van der Waals surface area contributed by atoms with Gasteiger partial charge in [0.25, 0.3) is 0 Å². The number of alkyl carbamates (subject to hydrolysis) is 1. The molecule has 1 atom stereocenters.